The lowest BCUT2D eigenvalue weighted by Crippen LogP contribution is -2.24. The average molecular weight is 340 g/mol. The zero-order chi connectivity index (χ0) is 16.6. The number of halogens is 4. The van der Waals surface area contributed by atoms with E-state index in [0.717, 1.165) is 6.07 Å². The van der Waals surface area contributed by atoms with Gasteiger partial charge in [-0.3, -0.25) is 4.79 Å². The van der Waals surface area contributed by atoms with Crippen molar-refractivity contribution in [3.05, 3.63) is 70.4 Å². The Morgan fingerprint density at radius 2 is 1.91 bits per heavy atom. The third kappa shape index (κ3) is 3.00. The molecule has 3 rings (SSSR count). The van der Waals surface area contributed by atoms with Crippen molar-refractivity contribution >= 4 is 23.2 Å². The van der Waals surface area contributed by atoms with Crippen LogP contribution >= 0.6 is 11.6 Å². The van der Waals surface area contributed by atoms with Crippen molar-refractivity contribution in [3.8, 4) is 0 Å². The van der Waals surface area contributed by atoms with E-state index in [1.807, 2.05) is 0 Å². The van der Waals surface area contributed by atoms with Crippen LogP contribution in [0.2, 0.25) is 5.02 Å². The molecule has 0 fully saturated rings. The Hall–Kier alpha value is -2.54. The molecular weight excluding hydrogens is 331 g/mol. The summed E-state index contributed by atoms with van der Waals surface area (Å²) in [4.78, 5) is 16.1. The van der Waals surface area contributed by atoms with Crippen molar-refractivity contribution in [2.45, 2.75) is 6.54 Å². The number of carbonyl (C=O) groups is 1. The molecule has 0 unspecified atom stereocenters. The van der Waals surface area contributed by atoms with Gasteiger partial charge in [0.05, 0.1) is 22.8 Å². The predicted molar refractivity (Wildman–Crippen MR) is 77.7 cm³/mol. The Labute approximate surface area is 133 Å². The first-order valence-electron chi connectivity index (χ1n) is 6.50. The van der Waals surface area contributed by atoms with Crippen molar-refractivity contribution in [2.75, 3.05) is 0 Å². The van der Waals surface area contributed by atoms with Gasteiger partial charge in [-0.05, 0) is 24.3 Å². The summed E-state index contributed by atoms with van der Waals surface area (Å²) in [6, 6.07) is 4.94. The number of nitrogens with zero attached hydrogens (tertiary/aromatic N) is 2. The summed E-state index contributed by atoms with van der Waals surface area (Å²) in [5.74, 6) is -5.42. The lowest BCUT2D eigenvalue weighted by atomic mass is 10.2. The second-order valence-corrected chi connectivity index (χ2v) is 5.19. The van der Waals surface area contributed by atoms with Gasteiger partial charge in [-0.25, -0.2) is 18.2 Å². The Morgan fingerprint density at radius 3 is 2.70 bits per heavy atom. The van der Waals surface area contributed by atoms with Gasteiger partial charge < -0.3 is 9.72 Å². The number of carbonyl (C=O) groups excluding carboxylic acids is 1. The normalized spacial score (nSPS) is 11.0. The summed E-state index contributed by atoms with van der Waals surface area (Å²) in [6.07, 6.45) is 3.29. The Balaban J connectivity index is 1.77. The molecule has 0 spiro atoms. The molecule has 0 aliphatic rings. The second kappa shape index (κ2) is 5.92. The topological polar surface area (TPSA) is 46.4 Å². The van der Waals surface area contributed by atoms with Crippen molar-refractivity contribution in [1.29, 1.82) is 0 Å². The lowest BCUT2D eigenvalue weighted by molar-refractivity contribution is 0.0945. The van der Waals surface area contributed by atoms with E-state index in [1.165, 1.54) is 0 Å². The third-order valence-electron chi connectivity index (χ3n) is 3.17. The number of amides is 1. The molecule has 2 aromatic heterocycles. The molecule has 1 amide bonds. The summed E-state index contributed by atoms with van der Waals surface area (Å²) in [5, 5.41) is 2.92. The van der Waals surface area contributed by atoms with E-state index in [9.17, 15) is 18.0 Å². The highest BCUT2D eigenvalue weighted by Crippen LogP contribution is 2.15. The molecule has 1 aromatic carbocycles. The van der Waals surface area contributed by atoms with Crippen LogP contribution in [0.1, 0.15) is 16.1 Å². The maximum atomic E-state index is 13.5. The summed E-state index contributed by atoms with van der Waals surface area (Å²) in [6.45, 7) is -0.00340. The lowest BCUT2D eigenvalue weighted by Gasteiger charge is -2.05. The Morgan fingerprint density at radius 1 is 1.13 bits per heavy atom. The van der Waals surface area contributed by atoms with Gasteiger partial charge in [0, 0.05) is 12.4 Å². The molecule has 23 heavy (non-hydrogen) atoms. The van der Waals surface area contributed by atoms with Gasteiger partial charge in [-0.1, -0.05) is 11.6 Å². The molecule has 0 saturated heterocycles. The molecule has 0 atom stereocenters. The van der Waals surface area contributed by atoms with Crippen molar-refractivity contribution < 1.29 is 18.0 Å². The molecule has 8 heteroatoms. The highest BCUT2D eigenvalue weighted by atomic mass is 35.5. The van der Waals surface area contributed by atoms with E-state index in [4.69, 9.17) is 11.6 Å². The van der Waals surface area contributed by atoms with Crippen LogP contribution in [0.25, 0.3) is 5.65 Å². The fourth-order valence-corrected chi connectivity index (χ4v) is 2.24. The minimum Gasteiger partial charge on any atom is -0.346 e. The molecule has 1 N–H and O–H groups in total. The Kier molecular flexibility index (Phi) is 3.96. The number of hydrogen-bond acceptors (Lipinski definition) is 2. The summed E-state index contributed by atoms with van der Waals surface area (Å²) in [7, 11) is 0. The molecule has 0 saturated carbocycles. The summed E-state index contributed by atoms with van der Waals surface area (Å²) >= 11 is 5.85. The number of nitrogens with one attached hydrogen (secondary N) is 1. The molecule has 0 bridgehead atoms. The van der Waals surface area contributed by atoms with Crippen LogP contribution in [0.5, 0.6) is 0 Å². The minimum atomic E-state index is -1.68. The standard InChI is InChI=1S/C15H9ClF3N3O/c16-8-1-4-12-21-9(7-22(12)6-8)5-20-15(23)10-2-3-11(17)14(19)13(10)18/h1-4,6-7H,5H2,(H,20,23). The van der Waals surface area contributed by atoms with Crippen molar-refractivity contribution in [3.63, 3.8) is 0 Å². The molecule has 118 valence electrons. The largest absolute Gasteiger partial charge is 0.346 e. The number of imidazole rings is 1. The Bertz CT molecular complexity index is 910. The number of rotatable bonds is 3. The highest BCUT2D eigenvalue weighted by Gasteiger charge is 2.18. The molecule has 4 nitrogen and oxygen atoms in total. The van der Waals surface area contributed by atoms with Gasteiger partial charge in [-0.15, -0.1) is 0 Å². The third-order valence-corrected chi connectivity index (χ3v) is 3.40. The van der Waals surface area contributed by atoms with E-state index in [0.29, 0.717) is 22.4 Å². The van der Waals surface area contributed by atoms with Crippen LogP contribution in [0, 0.1) is 17.5 Å². The number of hydrogen-bond donors (Lipinski definition) is 1. The predicted octanol–water partition coefficient (Wildman–Crippen LogP) is 3.34. The van der Waals surface area contributed by atoms with Gasteiger partial charge in [0.25, 0.3) is 5.91 Å². The molecule has 0 aliphatic heterocycles. The fraction of sp³-hybridized carbons (Fsp3) is 0.0667. The quantitative estimate of drug-likeness (QED) is 0.744. The average Bonchev–Trinajstić information content (AvgIpc) is 2.92. The van der Waals surface area contributed by atoms with E-state index in [1.54, 1.807) is 28.9 Å². The SMILES string of the molecule is O=C(NCc1cn2cc(Cl)ccc2n1)c1ccc(F)c(F)c1F. The van der Waals surface area contributed by atoms with Crippen LogP contribution in [0.3, 0.4) is 0 Å². The fourth-order valence-electron chi connectivity index (χ4n) is 2.07. The van der Waals surface area contributed by atoms with Crippen molar-refractivity contribution in [2.24, 2.45) is 0 Å². The number of fused-ring (bicyclic) bond motifs is 1. The van der Waals surface area contributed by atoms with Gasteiger partial charge in [0.15, 0.2) is 17.5 Å². The summed E-state index contributed by atoms with van der Waals surface area (Å²) in [5.41, 5.74) is 0.553. The van der Waals surface area contributed by atoms with Gasteiger partial charge >= 0.3 is 0 Å². The monoisotopic (exact) mass is 339 g/mol. The first kappa shape index (κ1) is 15.4. The van der Waals surface area contributed by atoms with Crippen LogP contribution in [0.4, 0.5) is 13.2 Å². The zero-order valence-corrected chi connectivity index (χ0v) is 12.2. The van der Waals surface area contributed by atoms with Crippen LogP contribution in [-0.4, -0.2) is 15.3 Å². The van der Waals surface area contributed by atoms with E-state index < -0.39 is 28.9 Å². The number of benzene rings is 1. The molecule has 0 aliphatic carbocycles. The van der Waals surface area contributed by atoms with Crippen molar-refractivity contribution in [1.82, 2.24) is 14.7 Å². The van der Waals surface area contributed by atoms with E-state index in [2.05, 4.69) is 10.3 Å². The molecule has 3 aromatic rings. The summed E-state index contributed by atoms with van der Waals surface area (Å²) < 4.78 is 41.2. The maximum Gasteiger partial charge on any atom is 0.254 e. The molecule has 0 radical (unpaired) electrons. The zero-order valence-electron chi connectivity index (χ0n) is 11.5. The first-order valence-corrected chi connectivity index (χ1v) is 6.88. The first-order chi connectivity index (χ1) is 11.0. The smallest absolute Gasteiger partial charge is 0.254 e. The number of pyridine rings is 1. The van der Waals surface area contributed by atoms with Crippen LogP contribution in [-0.2, 0) is 6.54 Å². The maximum absolute atomic E-state index is 13.5. The van der Waals surface area contributed by atoms with Crippen LogP contribution < -0.4 is 5.32 Å². The van der Waals surface area contributed by atoms with Gasteiger partial charge in [0.1, 0.15) is 5.65 Å². The van der Waals surface area contributed by atoms with Gasteiger partial charge in [-0.2, -0.15) is 0 Å². The second-order valence-electron chi connectivity index (χ2n) is 4.75. The minimum absolute atomic E-state index is 0.00340. The van der Waals surface area contributed by atoms with E-state index in [-0.39, 0.29) is 6.54 Å². The van der Waals surface area contributed by atoms with Gasteiger partial charge in [0.2, 0.25) is 0 Å². The number of aromatic nitrogens is 2. The van der Waals surface area contributed by atoms with Crippen LogP contribution in [0.15, 0.2) is 36.7 Å². The molecule has 2 heterocycles. The highest BCUT2D eigenvalue weighted by molar-refractivity contribution is 6.30. The van der Waals surface area contributed by atoms with E-state index >= 15 is 0 Å². The molecular formula is C15H9ClF3N3O.